The number of fused-ring (bicyclic) bond motifs is 4. The Morgan fingerprint density at radius 2 is 0.731 bits per heavy atom. The Hall–Kier alpha value is -17.3. The first-order valence-corrected chi connectivity index (χ1v) is 46.8. The number of aryl methyl sites for hydroxylation is 1. The third-order valence-corrected chi connectivity index (χ3v) is 23.8. The zero-order valence-corrected chi connectivity index (χ0v) is 80.6. The van der Waals surface area contributed by atoms with Crippen LogP contribution in [0.2, 0.25) is 0 Å². The van der Waals surface area contributed by atoms with Crippen LogP contribution in [0.15, 0.2) is 287 Å². The van der Waals surface area contributed by atoms with E-state index in [1.807, 2.05) is 56.6 Å². The van der Waals surface area contributed by atoms with Crippen LogP contribution in [0.3, 0.4) is 0 Å². The van der Waals surface area contributed by atoms with E-state index < -0.39 is 0 Å². The second kappa shape index (κ2) is 47.8. The molecular weight excluding hydrogens is 1860 g/mol. The first-order chi connectivity index (χ1) is 70.4. The highest BCUT2D eigenvalue weighted by Crippen LogP contribution is 2.41. The van der Waals surface area contributed by atoms with Crippen molar-refractivity contribution < 1.29 is 73.7 Å². The Kier molecular flexibility index (Phi) is 33.2. The number of nitrogens with zero attached hydrogens (tertiary/aromatic N) is 13. The summed E-state index contributed by atoms with van der Waals surface area (Å²) in [7, 11) is 12.0. The van der Waals surface area contributed by atoms with Gasteiger partial charge in [-0.15, -0.1) is 0 Å². The summed E-state index contributed by atoms with van der Waals surface area (Å²) in [4.78, 5) is 93.6. The third-order valence-electron chi connectivity index (χ3n) is 23.8. The predicted octanol–water partition coefficient (Wildman–Crippen LogP) is 21.9. The number of halogens is 3. The number of piperazine rings is 1. The van der Waals surface area contributed by atoms with Crippen molar-refractivity contribution in [1.29, 1.82) is 0 Å². The minimum Gasteiger partial charge on any atom is -0.495 e. The number of carbonyl (C=O) groups excluding carboxylic acids is 4. The van der Waals surface area contributed by atoms with Crippen LogP contribution in [0.4, 0.5) is 88.2 Å². The Morgan fingerprint density at radius 1 is 0.393 bits per heavy atom. The quantitative estimate of drug-likeness (QED) is 0.0177. The highest BCUT2D eigenvalue weighted by molar-refractivity contribution is 6.01. The molecule has 3 saturated heterocycles. The lowest BCUT2D eigenvalue weighted by Crippen LogP contribution is -2.44. The molecule has 0 aliphatic carbocycles. The van der Waals surface area contributed by atoms with Gasteiger partial charge in [-0.3, -0.25) is 19.2 Å². The van der Waals surface area contributed by atoms with Gasteiger partial charge in [-0.1, -0.05) is 68.8 Å². The van der Waals surface area contributed by atoms with Crippen LogP contribution in [0.1, 0.15) is 54.7 Å². The highest BCUT2D eigenvalue weighted by atomic mass is 19.1. The summed E-state index contributed by atoms with van der Waals surface area (Å²) in [6.45, 7) is 22.7. The second-order valence-electron chi connectivity index (χ2n) is 34.7. The maximum Gasteiger partial charge on any atom is 0.268 e. The minimum atomic E-state index is -0.333. The number of furan rings is 4. The summed E-state index contributed by atoms with van der Waals surface area (Å²) in [5.74, 6) is 3.03. The Bertz CT molecular complexity index is 7330. The molecule has 34 nitrogen and oxygen atoms in total. The van der Waals surface area contributed by atoms with Crippen LogP contribution in [-0.2, 0) is 32.0 Å². The molecule has 744 valence electrons. The molecule has 4 amide bonds. The monoisotopic (exact) mass is 1960 g/mol. The zero-order valence-electron chi connectivity index (χ0n) is 80.6. The molecule has 3 aliphatic rings. The molecule has 0 radical (unpaired) electrons. The van der Waals surface area contributed by atoms with Crippen LogP contribution in [-0.4, -0.2) is 184 Å². The van der Waals surface area contributed by atoms with E-state index in [1.54, 1.807) is 141 Å². The fourth-order valence-electron chi connectivity index (χ4n) is 16.2. The Balaban J connectivity index is 0.000000139. The average molecular weight is 1970 g/mol. The van der Waals surface area contributed by atoms with Crippen LogP contribution in [0, 0.1) is 23.4 Å². The van der Waals surface area contributed by atoms with Gasteiger partial charge in [-0.2, -0.15) is 19.9 Å². The molecule has 0 unspecified atom stereocenters. The molecule has 0 spiro atoms. The molecule has 11 heterocycles. The number of methoxy groups -OCH3 is 1. The van der Waals surface area contributed by atoms with Gasteiger partial charge in [0.15, 0.2) is 0 Å². The van der Waals surface area contributed by atoms with Gasteiger partial charge in [0.25, 0.3) is 23.5 Å². The number of nitrogens with one attached hydrogen (secondary N) is 8. The normalized spacial score (nSPS) is 13.5. The lowest BCUT2D eigenvalue weighted by Gasteiger charge is -2.34. The fourth-order valence-corrected chi connectivity index (χ4v) is 16.2. The molecule has 16 aromatic rings. The van der Waals surface area contributed by atoms with Crippen LogP contribution < -0.4 is 71.1 Å². The van der Waals surface area contributed by atoms with Gasteiger partial charge in [0, 0.05) is 126 Å². The number of benzene rings is 8. The summed E-state index contributed by atoms with van der Waals surface area (Å²) in [6, 6.07) is 55.6. The maximum atomic E-state index is 15.0. The van der Waals surface area contributed by atoms with Crippen LogP contribution >= 0.6 is 0 Å². The van der Waals surface area contributed by atoms with Gasteiger partial charge in [0.2, 0.25) is 69.8 Å². The number of ether oxygens (including phenoxy) is 5. The third kappa shape index (κ3) is 27.3. The highest BCUT2D eigenvalue weighted by Gasteiger charge is 2.27. The number of likely N-dealkylation sites (N-methyl/N-ethyl adjacent to an activating group) is 1. The van der Waals surface area contributed by atoms with Crippen molar-refractivity contribution >= 4 is 143 Å². The molecule has 0 bridgehead atoms. The van der Waals surface area contributed by atoms with E-state index >= 15 is 0 Å². The Morgan fingerprint density at radius 3 is 1.08 bits per heavy atom. The number of rotatable bonds is 33. The van der Waals surface area contributed by atoms with Gasteiger partial charge < -0.3 is 108 Å². The van der Waals surface area contributed by atoms with Crippen molar-refractivity contribution in [3.05, 3.63) is 304 Å². The number of aromatic nitrogens is 8. The van der Waals surface area contributed by atoms with E-state index in [9.17, 15) is 32.3 Å². The average Bonchev–Trinajstić information content (AvgIpc) is 1.71. The van der Waals surface area contributed by atoms with Gasteiger partial charge in [0.1, 0.15) is 68.3 Å². The van der Waals surface area contributed by atoms with Crippen molar-refractivity contribution in [1.82, 2.24) is 59.5 Å². The summed E-state index contributed by atoms with van der Waals surface area (Å²) in [5.41, 5.74) is 11.4. The van der Waals surface area contributed by atoms with E-state index in [0.29, 0.717) is 131 Å². The smallest absolute Gasteiger partial charge is 0.268 e. The van der Waals surface area contributed by atoms with E-state index in [2.05, 4.69) is 154 Å². The number of carbonyl (C=O) groups is 4. The molecule has 8 N–H and O–H groups in total. The van der Waals surface area contributed by atoms with E-state index in [4.69, 9.17) is 41.4 Å². The SMILES string of the molecule is C=CC(=O)Nc1cccc(Oc2nc(Nc3ccc(C4CCN(C)CC4)c(F)c3)nc3ccoc23)c1.C=CC(=O)Nc1cccc(Oc2nc(Nc3ccc(CC4CCN(C)CC4)c(F)c3)nc3ccoc23)c1.C=CC(=O)Nc1cccc(Oc2nc(Nc3ccc(CCCN(C)C)c(F)c3)nc3ccoc23)c1.C=CC(=O)Nc1cccc(Oc2nc(Nc3ccc(N4CCN(C)CC4)c(OC)c3)nc3ccoc23)c1. The van der Waals surface area contributed by atoms with Crippen molar-refractivity contribution in [2.45, 2.75) is 50.9 Å². The Labute approximate surface area is 833 Å². The number of piperidine rings is 2. The van der Waals surface area contributed by atoms with E-state index in [1.165, 1.54) is 67.6 Å². The van der Waals surface area contributed by atoms with Gasteiger partial charge in [-0.25, -0.2) is 33.1 Å². The molecule has 8 aromatic heterocycles. The van der Waals surface area contributed by atoms with Gasteiger partial charge >= 0.3 is 0 Å². The van der Waals surface area contributed by atoms with Crippen molar-refractivity contribution in [3.63, 3.8) is 0 Å². The van der Waals surface area contributed by atoms with Crippen LogP contribution in [0.5, 0.6) is 52.3 Å². The second-order valence-corrected chi connectivity index (χ2v) is 34.7. The summed E-state index contributed by atoms with van der Waals surface area (Å²) in [5, 5.41) is 23.2. The number of hydrogen-bond donors (Lipinski definition) is 8. The zero-order chi connectivity index (χ0) is 101. The summed E-state index contributed by atoms with van der Waals surface area (Å²) < 4.78 is 96.3. The molecule has 3 fully saturated rings. The van der Waals surface area contributed by atoms with Gasteiger partial charge in [0.05, 0.1) is 37.8 Å². The van der Waals surface area contributed by atoms with E-state index in [-0.39, 0.29) is 88.4 Å². The molecule has 37 heteroatoms. The van der Waals surface area contributed by atoms with Crippen LogP contribution in [0.25, 0.3) is 44.4 Å². The van der Waals surface area contributed by atoms with Crippen molar-refractivity contribution in [3.8, 4) is 52.3 Å². The number of likely N-dealkylation sites (tertiary alicyclic amines) is 2. The number of amides is 4. The molecule has 0 atom stereocenters. The lowest BCUT2D eigenvalue weighted by molar-refractivity contribution is -0.112. The topological polar surface area (TPSA) is 383 Å². The molecule has 0 saturated carbocycles. The van der Waals surface area contributed by atoms with Gasteiger partial charge in [-0.05, 0) is 263 Å². The van der Waals surface area contributed by atoms with Crippen molar-refractivity contribution in [2.24, 2.45) is 5.92 Å². The standard InChI is InChI=1S/C28H28FN5O3.C27H26FN5O3.C27H28N6O4.C26H26FN5O3/c1-3-25(35)30-20-5-4-6-22(16-20)37-27-26-24(11-14-36-26)32-28(33-27)31-21-8-7-19(23(29)17-21)15-18-9-12-34(2)13-10-18;1-3-24(34)29-18-5-4-6-20(15-18)36-26-25-23(11-14-35-25)31-27(32-26)30-19-7-8-21(22(28)16-19)17-9-12-33(2)13-10-17;1-4-24(34)28-18-6-5-7-20(16-18)37-26-25-21(10-15-36-25)30-27(31-26)29-19-8-9-22(23(17-19)35-3)33-13-11-32(2)12-14-33;1-4-23(33)28-18-8-5-9-20(15-18)35-25-24-22(12-14-34-24)30-26(31-25)29-19-11-10-17(21(27)16-19)7-6-13-32(2)3/h3-8,11,14,16-18H,1,9-10,12-13,15H2,2H3,(H,30,35)(H,31,32,33);3-8,11,14-17H,1,9-10,12-13H2,2H3,(H,29,34)(H,30,31,32);4-10,15-17H,1,11-14H2,2-3H3,(H,28,34)(H,29,30,31);4-5,8-12,14-16H,1,6-7,13H2,2-3H3,(H,28,33)(H,29,30,31). The minimum absolute atomic E-state index is 0.176. The molecule has 145 heavy (non-hydrogen) atoms. The molecular formula is C108H108F3N21O13. The lowest BCUT2D eigenvalue weighted by atomic mass is 9.89. The predicted molar refractivity (Wildman–Crippen MR) is 554 cm³/mol. The first kappa shape index (κ1) is 101. The fraction of sp³-hybridized carbons (Fsp3) is 0.222. The summed E-state index contributed by atoms with van der Waals surface area (Å²) in [6.07, 6.45) is 17.1. The first-order valence-electron chi connectivity index (χ1n) is 46.8. The van der Waals surface area contributed by atoms with Crippen molar-refractivity contribution in [2.75, 3.05) is 149 Å². The van der Waals surface area contributed by atoms with E-state index in [0.717, 1.165) is 126 Å². The number of anilines is 13. The summed E-state index contributed by atoms with van der Waals surface area (Å²) >= 11 is 0. The molecule has 8 aromatic carbocycles. The molecule has 19 rings (SSSR count). The maximum absolute atomic E-state index is 15.0. The number of hydrogen-bond acceptors (Lipinski definition) is 30. The largest absolute Gasteiger partial charge is 0.495 e. The molecule has 3 aliphatic heterocycles.